The van der Waals surface area contributed by atoms with Gasteiger partial charge in [0.05, 0.1) is 5.69 Å². The van der Waals surface area contributed by atoms with E-state index in [4.69, 9.17) is 0 Å². The standard InChI is InChI=1S/C14H8F3N3O/c15-14(16,17)13-19-11(5-12(21)20-13)10-7-18-6-8-3-1-2-4-9(8)10/h1-7H,(H,19,20,21). The van der Waals surface area contributed by atoms with E-state index in [2.05, 4.69) is 9.97 Å². The lowest BCUT2D eigenvalue weighted by molar-refractivity contribution is -0.145. The van der Waals surface area contributed by atoms with Gasteiger partial charge < -0.3 is 4.98 Å². The molecule has 0 saturated carbocycles. The highest BCUT2D eigenvalue weighted by Crippen LogP contribution is 2.29. The normalized spacial score (nSPS) is 11.8. The van der Waals surface area contributed by atoms with Crippen LogP contribution in [-0.2, 0) is 6.18 Å². The van der Waals surface area contributed by atoms with Crippen molar-refractivity contribution in [3.05, 3.63) is 58.9 Å². The predicted octanol–water partition coefficient (Wildman–Crippen LogP) is 3.00. The molecule has 4 nitrogen and oxygen atoms in total. The summed E-state index contributed by atoms with van der Waals surface area (Å²) in [7, 11) is 0. The lowest BCUT2D eigenvalue weighted by Crippen LogP contribution is -2.18. The first kappa shape index (κ1) is 13.3. The zero-order valence-electron chi connectivity index (χ0n) is 10.5. The highest BCUT2D eigenvalue weighted by molar-refractivity contribution is 5.94. The Balaban J connectivity index is 2.29. The second kappa shape index (κ2) is 4.69. The Morgan fingerprint density at radius 2 is 1.86 bits per heavy atom. The number of hydrogen-bond donors (Lipinski definition) is 1. The molecule has 0 aliphatic rings. The average Bonchev–Trinajstić information content (AvgIpc) is 2.45. The van der Waals surface area contributed by atoms with E-state index in [1.54, 1.807) is 35.4 Å². The molecule has 2 aromatic heterocycles. The van der Waals surface area contributed by atoms with Gasteiger partial charge in [-0.05, 0) is 5.39 Å². The molecule has 7 heteroatoms. The Morgan fingerprint density at radius 1 is 1.10 bits per heavy atom. The smallest absolute Gasteiger partial charge is 0.303 e. The average molecular weight is 291 g/mol. The first-order chi connectivity index (χ1) is 9.95. The topological polar surface area (TPSA) is 58.6 Å². The number of alkyl halides is 3. The second-order valence-electron chi connectivity index (χ2n) is 4.39. The molecule has 1 aromatic carbocycles. The number of aromatic nitrogens is 3. The summed E-state index contributed by atoms with van der Waals surface area (Å²) in [4.78, 5) is 20.6. The summed E-state index contributed by atoms with van der Waals surface area (Å²) >= 11 is 0. The minimum Gasteiger partial charge on any atom is -0.303 e. The van der Waals surface area contributed by atoms with E-state index in [0.717, 1.165) is 11.5 Å². The Hall–Kier alpha value is -2.70. The number of rotatable bonds is 1. The van der Waals surface area contributed by atoms with E-state index in [-0.39, 0.29) is 5.69 Å². The van der Waals surface area contributed by atoms with Crippen molar-refractivity contribution in [2.75, 3.05) is 0 Å². The molecule has 0 unspecified atom stereocenters. The third-order valence-corrected chi connectivity index (χ3v) is 2.95. The van der Waals surface area contributed by atoms with E-state index < -0.39 is 17.6 Å². The summed E-state index contributed by atoms with van der Waals surface area (Å²) in [6.07, 6.45) is -1.73. The van der Waals surface area contributed by atoms with Crippen molar-refractivity contribution in [1.29, 1.82) is 0 Å². The summed E-state index contributed by atoms with van der Waals surface area (Å²) < 4.78 is 38.2. The molecule has 21 heavy (non-hydrogen) atoms. The van der Waals surface area contributed by atoms with Crippen LogP contribution < -0.4 is 5.56 Å². The van der Waals surface area contributed by atoms with Crippen LogP contribution in [0.25, 0.3) is 22.0 Å². The van der Waals surface area contributed by atoms with Gasteiger partial charge in [0.2, 0.25) is 5.82 Å². The summed E-state index contributed by atoms with van der Waals surface area (Å²) in [6, 6.07) is 8.09. The molecule has 2 heterocycles. The third-order valence-electron chi connectivity index (χ3n) is 2.95. The van der Waals surface area contributed by atoms with Crippen molar-refractivity contribution in [2.24, 2.45) is 0 Å². The van der Waals surface area contributed by atoms with Crippen molar-refractivity contribution in [3.63, 3.8) is 0 Å². The van der Waals surface area contributed by atoms with E-state index in [9.17, 15) is 18.0 Å². The van der Waals surface area contributed by atoms with Gasteiger partial charge in [-0.25, -0.2) is 4.98 Å². The maximum Gasteiger partial charge on any atom is 0.449 e. The van der Waals surface area contributed by atoms with Crippen LogP contribution in [0.2, 0.25) is 0 Å². The van der Waals surface area contributed by atoms with Crippen LogP contribution in [-0.4, -0.2) is 15.0 Å². The van der Waals surface area contributed by atoms with Gasteiger partial charge in [0.1, 0.15) is 0 Å². The van der Waals surface area contributed by atoms with Crippen molar-refractivity contribution in [3.8, 4) is 11.3 Å². The van der Waals surface area contributed by atoms with Crippen LogP contribution >= 0.6 is 0 Å². The molecule has 106 valence electrons. The summed E-state index contributed by atoms with van der Waals surface area (Å²) in [5.41, 5.74) is -0.541. The van der Waals surface area contributed by atoms with Gasteiger partial charge in [-0.1, -0.05) is 24.3 Å². The molecule has 0 spiro atoms. The molecule has 0 fully saturated rings. The number of hydrogen-bond acceptors (Lipinski definition) is 3. The Labute approximate surface area is 116 Å². The molecule has 0 atom stereocenters. The van der Waals surface area contributed by atoms with E-state index >= 15 is 0 Å². The fourth-order valence-corrected chi connectivity index (χ4v) is 2.05. The lowest BCUT2D eigenvalue weighted by Gasteiger charge is -2.09. The molecule has 0 bridgehead atoms. The quantitative estimate of drug-likeness (QED) is 0.749. The van der Waals surface area contributed by atoms with Gasteiger partial charge >= 0.3 is 6.18 Å². The summed E-state index contributed by atoms with van der Waals surface area (Å²) in [5, 5.41) is 1.43. The fraction of sp³-hybridized carbons (Fsp3) is 0.0714. The number of nitrogens with one attached hydrogen (secondary N) is 1. The number of benzene rings is 1. The molecule has 0 aliphatic carbocycles. The minimum atomic E-state index is -4.72. The second-order valence-corrected chi connectivity index (χ2v) is 4.39. The Kier molecular flexibility index (Phi) is 2.97. The number of halogens is 3. The zero-order chi connectivity index (χ0) is 15.0. The first-order valence-electron chi connectivity index (χ1n) is 5.97. The Bertz CT molecular complexity index is 866. The van der Waals surface area contributed by atoms with Gasteiger partial charge in [-0.2, -0.15) is 13.2 Å². The van der Waals surface area contributed by atoms with Crippen LogP contribution in [0.3, 0.4) is 0 Å². The maximum absolute atomic E-state index is 12.7. The van der Waals surface area contributed by atoms with E-state index in [0.29, 0.717) is 10.9 Å². The molecule has 0 radical (unpaired) electrons. The van der Waals surface area contributed by atoms with Crippen molar-refractivity contribution >= 4 is 10.8 Å². The highest BCUT2D eigenvalue weighted by Gasteiger charge is 2.34. The first-order valence-corrected chi connectivity index (χ1v) is 5.97. The number of H-pyrrole nitrogens is 1. The Morgan fingerprint density at radius 3 is 2.62 bits per heavy atom. The monoisotopic (exact) mass is 291 g/mol. The third kappa shape index (κ3) is 2.49. The SMILES string of the molecule is O=c1cc(-c2cncc3ccccc23)nc(C(F)(F)F)[nH]1. The van der Waals surface area contributed by atoms with Crippen LogP contribution in [0, 0.1) is 0 Å². The number of fused-ring (bicyclic) bond motifs is 1. The van der Waals surface area contributed by atoms with E-state index in [1.807, 2.05) is 0 Å². The molecule has 0 saturated heterocycles. The van der Waals surface area contributed by atoms with Gasteiger partial charge in [0.25, 0.3) is 5.56 Å². The van der Waals surface area contributed by atoms with Gasteiger partial charge in [0, 0.05) is 29.4 Å². The van der Waals surface area contributed by atoms with Gasteiger partial charge in [0.15, 0.2) is 0 Å². The number of pyridine rings is 1. The fourth-order valence-electron chi connectivity index (χ4n) is 2.05. The van der Waals surface area contributed by atoms with Crippen molar-refractivity contribution < 1.29 is 13.2 Å². The maximum atomic E-state index is 12.7. The zero-order valence-corrected chi connectivity index (χ0v) is 10.5. The molecule has 1 N–H and O–H groups in total. The van der Waals surface area contributed by atoms with Crippen molar-refractivity contribution in [1.82, 2.24) is 15.0 Å². The van der Waals surface area contributed by atoms with E-state index in [1.165, 1.54) is 6.20 Å². The van der Waals surface area contributed by atoms with Crippen LogP contribution in [0.15, 0.2) is 47.5 Å². The molecule has 3 rings (SSSR count). The van der Waals surface area contributed by atoms with Crippen LogP contribution in [0.1, 0.15) is 5.82 Å². The van der Waals surface area contributed by atoms with Crippen LogP contribution in [0.5, 0.6) is 0 Å². The van der Waals surface area contributed by atoms with Crippen LogP contribution in [0.4, 0.5) is 13.2 Å². The molecule has 0 amide bonds. The largest absolute Gasteiger partial charge is 0.449 e. The summed E-state index contributed by atoms with van der Waals surface area (Å²) in [6.45, 7) is 0. The number of nitrogens with zero attached hydrogens (tertiary/aromatic N) is 2. The highest BCUT2D eigenvalue weighted by atomic mass is 19.4. The van der Waals surface area contributed by atoms with Gasteiger partial charge in [-0.15, -0.1) is 0 Å². The molecular formula is C14H8F3N3O. The lowest BCUT2D eigenvalue weighted by atomic mass is 10.1. The molecule has 3 aromatic rings. The predicted molar refractivity (Wildman–Crippen MR) is 70.6 cm³/mol. The van der Waals surface area contributed by atoms with Crippen molar-refractivity contribution in [2.45, 2.75) is 6.18 Å². The summed E-state index contributed by atoms with van der Waals surface area (Å²) in [5.74, 6) is -1.32. The molecular weight excluding hydrogens is 283 g/mol. The molecule has 0 aliphatic heterocycles. The number of aromatic amines is 1. The minimum absolute atomic E-state index is 0.0598. The van der Waals surface area contributed by atoms with Gasteiger partial charge in [-0.3, -0.25) is 9.78 Å².